The van der Waals surface area contributed by atoms with Crippen LogP contribution in [0.2, 0.25) is 0 Å². The van der Waals surface area contributed by atoms with Crippen molar-refractivity contribution in [3.63, 3.8) is 0 Å². The van der Waals surface area contributed by atoms with Crippen LogP contribution in [0.3, 0.4) is 0 Å². The maximum atomic E-state index is 11.0. The van der Waals surface area contributed by atoms with E-state index in [4.69, 9.17) is 5.11 Å². The number of aryl methyl sites for hydroxylation is 1. The second-order valence-corrected chi connectivity index (χ2v) is 3.35. The number of aromatic amines is 1. The number of hydrogen-bond donors (Lipinski definition) is 2. The minimum absolute atomic E-state index is 0.173. The molecule has 0 saturated heterocycles. The summed E-state index contributed by atoms with van der Waals surface area (Å²) in [5, 5.41) is 9.23. The molecule has 0 fully saturated rings. The number of carboxylic acid groups (broad SMARTS) is 1. The SMILES string of the molecule is CSc1[nH]c(=O)cc(C)c1C(=O)O. The molecule has 2 N–H and O–H groups in total. The Hall–Kier alpha value is -1.23. The molecule has 1 aromatic rings. The van der Waals surface area contributed by atoms with Gasteiger partial charge in [0.2, 0.25) is 5.56 Å². The summed E-state index contributed by atoms with van der Waals surface area (Å²) in [6.07, 6.45) is 1.72. The zero-order valence-electron chi connectivity index (χ0n) is 7.25. The van der Waals surface area contributed by atoms with Crippen LogP contribution in [0, 0.1) is 6.92 Å². The van der Waals surface area contributed by atoms with Crippen LogP contribution >= 0.6 is 11.8 Å². The van der Waals surface area contributed by atoms with Gasteiger partial charge in [0.05, 0.1) is 10.6 Å². The van der Waals surface area contributed by atoms with E-state index in [1.54, 1.807) is 13.2 Å². The highest BCUT2D eigenvalue weighted by Crippen LogP contribution is 2.18. The Balaban J connectivity index is 3.47. The smallest absolute Gasteiger partial charge is 0.338 e. The van der Waals surface area contributed by atoms with E-state index in [9.17, 15) is 9.59 Å². The van der Waals surface area contributed by atoms with Crippen LogP contribution in [0.15, 0.2) is 15.9 Å². The van der Waals surface area contributed by atoms with Crippen molar-refractivity contribution in [1.82, 2.24) is 4.98 Å². The monoisotopic (exact) mass is 199 g/mol. The van der Waals surface area contributed by atoms with Crippen molar-refractivity contribution in [2.75, 3.05) is 6.26 Å². The Morgan fingerprint density at radius 1 is 1.62 bits per heavy atom. The Bertz CT molecular complexity index is 397. The van der Waals surface area contributed by atoms with E-state index in [0.717, 1.165) is 0 Å². The van der Waals surface area contributed by atoms with Crippen LogP contribution in [0.1, 0.15) is 15.9 Å². The fraction of sp³-hybridized carbons (Fsp3) is 0.250. The third-order valence-corrected chi connectivity index (χ3v) is 2.34. The molecule has 0 bridgehead atoms. The zero-order chi connectivity index (χ0) is 10.0. The number of rotatable bonds is 2. The minimum atomic E-state index is -1.02. The number of thioether (sulfide) groups is 1. The molecule has 1 heterocycles. The molecule has 0 atom stereocenters. The van der Waals surface area contributed by atoms with Crippen molar-refractivity contribution in [3.05, 3.63) is 27.5 Å². The van der Waals surface area contributed by atoms with Crippen LogP contribution in [0.4, 0.5) is 0 Å². The molecule has 1 rings (SSSR count). The van der Waals surface area contributed by atoms with Gasteiger partial charge in [-0.3, -0.25) is 4.79 Å². The summed E-state index contributed by atoms with van der Waals surface area (Å²) in [6.45, 7) is 1.61. The summed E-state index contributed by atoms with van der Waals surface area (Å²) >= 11 is 1.22. The first-order valence-corrected chi connectivity index (χ1v) is 4.80. The zero-order valence-corrected chi connectivity index (χ0v) is 8.07. The molecule has 1 aromatic heterocycles. The van der Waals surface area contributed by atoms with Gasteiger partial charge >= 0.3 is 5.97 Å². The molecule has 70 valence electrons. The van der Waals surface area contributed by atoms with Gasteiger partial charge in [0.25, 0.3) is 0 Å². The molecule has 0 aliphatic heterocycles. The minimum Gasteiger partial charge on any atom is -0.478 e. The van der Waals surface area contributed by atoms with Crippen LogP contribution in [-0.2, 0) is 0 Å². The van der Waals surface area contributed by atoms with Crippen LogP contribution in [0.25, 0.3) is 0 Å². The fourth-order valence-corrected chi connectivity index (χ4v) is 1.73. The fourth-order valence-electron chi connectivity index (χ4n) is 1.08. The molecule has 5 heteroatoms. The third kappa shape index (κ3) is 1.92. The Kier molecular flexibility index (Phi) is 2.77. The molecule has 0 aliphatic carbocycles. The highest BCUT2D eigenvalue weighted by molar-refractivity contribution is 7.98. The highest BCUT2D eigenvalue weighted by Gasteiger charge is 2.13. The van der Waals surface area contributed by atoms with Gasteiger partial charge in [-0.2, -0.15) is 0 Å². The van der Waals surface area contributed by atoms with Gasteiger partial charge in [-0.15, -0.1) is 11.8 Å². The predicted octanol–water partition coefficient (Wildman–Crippen LogP) is 1.10. The lowest BCUT2D eigenvalue weighted by Gasteiger charge is -2.04. The largest absolute Gasteiger partial charge is 0.478 e. The first-order valence-electron chi connectivity index (χ1n) is 3.57. The molecule has 4 nitrogen and oxygen atoms in total. The van der Waals surface area contributed by atoms with Gasteiger partial charge in [0.15, 0.2) is 0 Å². The average Bonchev–Trinajstić information content (AvgIpc) is 2.01. The number of pyridine rings is 1. The molecular formula is C8H9NO3S. The number of hydrogen-bond acceptors (Lipinski definition) is 3. The van der Waals surface area contributed by atoms with Crippen LogP contribution < -0.4 is 5.56 Å². The van der Waals surface area contributed by atoms with Gasteiger partial charge in [-0.05, 0) is 18.7 Å². The molecule has 0 unspecified atom stereocenters. The van der Waals surface area contributed by atoms with Crippen molar-refractivity contribution < 1.29 is 9.90 Å². The van der Waals surface area contributed by atoms with E-state index in [1.165, 1.54) is 17.8 Å². The maximum absolute atomic E-state index is 11.0. The molecule has 13 heavy (non-hydrogen) atoms. The number of aromatic nitrogens is 1. The van der Waals surface area contributed by atoms with Crippen LogP contribution in [-0.4, -0.2) is 22.3 Å². The van der Waals surface area contributed by atoms with E-state index in [1.807, 2.05) is 0 Å². The summed E-state index contributed by atoms with van der Waals surface area (Å²) in [5.74, 6) is -1.02. The van der Waals surface area contributed by atoms with Gasteiger partial charge in [-0.25, -0.2) is 4.79 Å². The lowest BCUT2D eigenvalue weighted by molar-refractivity contribution is 0.0691. The van der Waals surface area contributed by atoms with Gasteiger partial charge < -0.3 is 10.1 Å². The first kappa shape index (κ1) is 9.85. The molecule has 0 amide bonds. The molecule has 0 aromatic carbocycles. The number of H-pyrrole nitrogens is 1. The lowest BCUT2D eigenvalue weighted by Crippen LogP contribution is -2.13. The van der Waals surface area contributed by atoms with E-state index in [-0.39, 0.29) is 11.1 Å². The van der Waals surface area contributed by atoms with Crippen molar-refractivity contribution in [2.24, 2.45) is 0 Å². The second-order valence-electron chi connectivity index (χ2n) is 2.53. The Labute approximate surface area is 79.0 Å². The van der Waals surface area contributed by atoms with E-state index in [0.29, 0.717) is 10.6 Å². The number of carboxylic acids is 1. The number of carbonyl (C=O) groups is 1. The highest BCUT2D eigenvalue weighted by atomic mass is 32.2. The van der Waals surface area contributed by atoms with E-state index in [2.05, 4.69) is 4.98 Å². The van der Waals surface area contributed by atoms with Gasteiger partial charge in [0.1, 0.15) is 0 Å². The topological polar surface area (TPSA) is 70.2 Å². The lowest BCUT2D eigenvalue weighted by atomic mass is 10.2. The molecular weight excluding hydrogens is 190 g/mol. The van der Waals surface area contributed by atoms with Gasteiger partial charge in [-0.1, -0.05) is 0 Å². The summed E-state index contributed by atoms with van der Waals surface area (Å²) in [4.78, 5) is 24.2. The van der Waals surface area contributed by atoms with Crippen molar-refractivity contribution in [3.8, 4) is 0 Å². The standard InChI is InChI=1S/C8H9NO3S/c1-4-3-5(10)9-7(13-2)6(4)8(11)12/h3H,1-2H3,(H,9,10)(H,11,12). The van der Waals surface area contributed by atoms with Gasteiger partial charge in [0, 0.05) is 6.07 Å². The quantitative estimate of drug-likeness (QED) is 0.700. The molecule has 0 spiro atoms. The van der Waals surface area contributed by atoms with E-state index >= 15 is 0 Å². The number of nitrogens with one attached hydrogen (secondary N) is 1. The summed E-state index contributed by atoms with van der Waals surface area (Å²) in [6, 6.07) is 1.28. The second kappa shape index (κ2) is 3.66. The third-order valence-electron chi connectivity index (χ3n) is 1.62. The molecule has 0 radical (unpaired) electrons. The van der Waals surface area contributed by atoms with Crippen LogP contribution in [0.5, 0.6) is 0 Å². The normalized spacial score (nSPS) is 10.0. The Morgan fingerprint density at radius 3 is 2.69 bits per heavy atom. The first-order chi connectivity index (χ1) is 6.06. The summed E-state index contributed by atoms with van der Waals surface area (Å²) < 4.78 is 0. The van der Waals surface area contributed by atoms with Crippen molar-refractivity contribution in [1.29, 1.82) is 0 Å². The summed E-state index contributed by atoms with van der Waals surface area (Å²) in [5.41, 5.74) is 0.388. The van der Waals surface area contributed by atoms with E-state index < -0.39 is 5.97 Å². The molecule has 0 aliphatic rings. The van der Waals surface area contributed by atoms with Crippen molar-refractivity contribution in [2.45, 2.75) is 11.9 Å². The maximum Gasteiger partial charge on any atom is 0.338 e. The number of aromatic carboxylic acids is 1. The summed E-state index contributed by atoms with van der Waals surface area (Å²) in [7, 11) is 0. The average molecular weight is 199 g/mol. The van der Waals surface area contributed by atoms with Crippen molar-refractivity contribution >= 4 is 17.7 Å². The molecule has 0 saturated carbocycles. The predicted molar refractivity (Wildman–Crippen MR) is 50.5 cm³/mol. The Morgan fingerprint density at radius 2 is 2.23 bits per heavy atom.